The van der Waals surface area contributed by atoms with Crippen LogP contribution in [-0.4, -0.2) is 41.9 Å². The lowest BCUT2D eigenvalue weighted by Crippen LogP contribution is -2.22. The SMILES string of the molecule is CNS(=O)(=O)c1ccccc1NCC1CCS(=O)(=O)C1. The molecule has 2 rings (SSSR count). The average molecular weight is 318 g/mol. The molecule has 1 saturated heterocycles. The molecule has 1 fully saturated rings. The van der Waals surface area contributed by atoms with Gasteiger partial charge in [0.2, 0.25) is 10.0 Å². The molecular formula is C12H18N2O4S2. The van der Waals surface area contributed by atoms with Crippen LogP contribution in [0, 0.1) is 5.92 Å². The molecule has 0 spiro atoms. The third kappa shape index (κ3) is 3.50. The summed E-state index contributed by atoms with van der Waals surface area (Å²) in [5.74, 6) is 0.418. The molecular weight excluding hydrogens is 300 g/mol. The Balaban J connectivity index is 2.11. The second-order valence-electron chi connectivity index (χ2n) is 4.85. The van der Waals surface area contributed by atoms with Crippen LogP contribution in [0.4, 0.5) is 5.69 Å². The van der Waals surface area contributed by atoms with E-state index < -0.39 is 19.9 Å². The Labute approximate surface area is 119 Å². The van der Waals surface area contributed by atoms with Crippen molar-refractivity contribution < 1.29 is 16.8 Å². The molecule has 1 aromatic rings. The third-order valence-corrected chi connectivity index (χ3v) is 6.66. The lowest BCUT2D eigenvalue weighted by Gasteiger charge is -2.14. The van der Waals surface area contributed by atoms with E-state index in [0.29, 0.717) is 18.7 Å². The Morgan fingerprint density at radius 3 is 2.60 bits per heavy atom. The zero-order valence-corrected chi connectivity index (χ0v) is 12.8. The molecule has 20 heavy (non-hydrogen) atoms. The number of rotatable bonds is 5. The monoisotopic (exact) mass is 318 g/mol. The zero-order chi connectivity index (χ0) is 14.8. The van der Waals surface area contributed by atoms with Gasteiger partial charge in [0.25, 0.3) is 0 Å². The van der Waals surface area contributed by atoms with Gasteiger partial charge in [0, 0.05) is 6.54 Å². The van der Waals surface area contributed by atoms with Crippen molar-refractivity contribution in [1.29, 1.82) is 0 Å². The quantitative estimate of drug-likeness (QED) is 0.822. The Bertz CT molecular complexity index is 683. The van der Waals surface area contributed by atoms with Crippen molar-refractivity contribution in [3.05, 3.63) is 24.3 Å². The summed E-state index contributed by atoms with van der Waals surface area (Å²) in [5, 5.41) is 3.05. The number of nitrogens with one attached hydrogen (secondary N) is 2. The predicted molar refractivity (Wildman–Crippen MR) is 77.9 cm³/mol. The van der Waals surface area contributed by atoms with E-state index in [1.165, 1.54) is 13.1 Å². The van der Waals surface area contributed by atoms with Crippen molar-refractivity contribution >= 4 is 25.5 Å². The molecule has 1 heterocycles. The summed E-state index contributed by atoms with van der Waals surface area (Å²) in [6.07, 6.45) is 0.621. The molecule has 0 aliphatic carbocycles. The molecule has 8 heteroatoms. The first kappa shape index (κ1) is 15.3. The van der Waals surface area contributed by atoms with Gasteiger partial charge in [-0.2, -0.15) is 0 Å². The standard InChI is InChI=1S/C12H18N2O4S2/c1-13-20(17,18)12-5-3-2-4-11(12)14-8-10-6-7-19(15,16)9-10/h2-5,10,13-14H,6-9H2,1H3. The van der Waals surface area contributed by atoms with Gasteiger partial charge in [0.05, 0.1) is 17.2 Å². The largest absolute Gasteiger partial charge is 0.384 e. The summed E-state index contributed by atoms with van der Waals surface area (Å²) in [5.41, 5.74) is 0.492. The van der Waals surface area contributed by atoms with Crippen LogP contribution in [0.15, 0.2) is 29.2 Å². The van der Waals surface area contributed by atoms with Crippen molar-refractivity contribution in [3.63, 3.8) is 0 Å². The minimum Gasteiger partial charge on any atom is -0.384 e. The Morgan fingerprint density at radius 1 is 1.30 bits per heavy atom. The first-order chi connectivity index (χ1) is 9.34. The molecule has 0 amide bonds. The van der Waals surface area contributed by atoms with Crippen molar-refractivity contribution in [2.24, 2.45) is 5.92 Å². The first-order valence-electron chi connectivity index (χ1n) is 6.31. The highest BCUT2D eigenvalue weighted by molar-refractivity contribution is 7.91. The summed E-state index contributed by atoms with van der Waals surface area (Å²) in [6.45, 7) is 0.454. The highest BCUT2D eigenvalue weighted by atomic mass is 32.2. The van der Waals surface area contributed by atoms with Crippen LogP contribution in [-0.2, 0) is 19.9 Å². The molecule has 0 saturated carbocycles. The molecule has 1 aliphatic rings. The highest BCUT2D eigenvalue weighted by Crippen LogP contribution is 2.23. The normalized spacial score (nSPS) is 21.8. The lowest BCUT2D eigenvalue weighted by molar-refractivity contribution is 0.586. The van der Waals surface area contributed by atoms with Crippen molar-refractivity contribution in [2.75, 3.05) is 30.4 Å². The van der Waals surface area contributed by atoms with Gasteiger partial charge < -0.3 is 5.32 Å². The van der Waals surface area contributed by atoms with Crippen molar-refractivity contribution in [3.8, 4) is 0 Å². The Hall–Kier alpha value is -1.12. The molecule has 1 atom stereocenters. The molecule has 1 aromatic carbocycles. The second-order valence-corrected chi connectivity index (χ2v) is 8.94. The fraction of sp³-hybridized carbons (Fsp3) is 0.500. The van der Waals surface area contributed by atoms with Crippen LogP contribution in [0.1, 0.15) is 6.42 Å². The first-order valence-corrected chi connectivity index (χ1v) is 9.61. The van der Waals surface area contributed by atoms with Gasteiger partial charge in [0.15, 0.2) is 9.84 Å². The molecule has 112 valence electrons. The fourth-order valence-electron chi connectivity index (χ4n) is 2.24. The van der Waals surface area contributed by atoms with Gasteiger partial charge in [-0.1, -0.05) is 12.1 Å². The van der Waals surface area contributed by atoms with Crippen LogP contribution < -0.4 is 10.0 Å². The van der Waals surface area contributed by atoms with E-state index in [-0.39, 0.29) is 22.3 Å². The minimum absolute atomic E-state index is 0.0327. The van der Waals surface area contributed by atoms with Gasteiger partial charge in [-0.25, -0.2) is 21.6 Å². The Morgan fingerprint density at radius 2 is 2.00 bits per heavy atom. The van der Waals surface area contributed by atoms with Gasteiger partial charge in [-0.05, 0) is 31.5 Å². The maximum Gasteiger partial charge on any atom is 0.242 e. The summed E-state index contributed by atoms with van der Waals surface area (Å²) in [6, 6.07) is 6.57. The lowest BCUT2D eigenvalue weighted by atomic mass is 10.1. The predicted octanol–water partition coefficient (Wildman–Crippen LogP) is 0.441. The molecule has 0 aromatic heterocycles. The zero-order valence-electron chi connectivity index (χ0n) is 11.2. The maximum absolute atomic E-state index is 11.9. The molecule has 1 unspecified atom stereocenters. The van der Waals surface area contributed by atoms with Gasteiger partial charge in [0.1, 0.15) is 4.90 Å². The van der Waals surface area contributed by atoms with Crippen LogP contribution in [0.2, 0.25) is 0 Å². The summed E-state index contributed by atoms with van der Waals surface area (Å²) >= 11 is 0. The van der Waals surface area contributed by atoms with Gasteiger partial charge >= 0.3 is 0 Å². The van der Waals surface area contributed by atoms with E-state index >= 15 is 0 Å². The number of hydrogen-bond acceptors (Lipinski definition) is 5. The van der Waals surface area contributed by atoms with E-state index in [2.05, 4.69) is 10.0 Å². The Kier molecular flexibility index (Phi) is 4.36. The summed E-state index contributed by atoms with van der Waals surface area (Å²) < 4.78 is 48.8. The van der Waals surface area contributed by atoms with Crippen LogP contribution in [0.5, 0.6) is 0 Å². The third-order valence-electron chi connectivity index (χ3n) is 3.35. The molecule has 0 bridgehead atoms. The number of sulfone groups is 1. The van der Waals surface area contributed by atoms with E-state index in [4.69, 9.17) is 0 Å². The van der Waals surface area contributed by atoms with E-state index in [9.17, 15) is 16.8 Å². The smallest absolute Gasteiger partial charge is 0.242 e. The number of sulfonamides is 1. The number of hydrogen-bond donors (Lipinski definition) is 2. The number of para-hydroxylation sites is 1. The van der Waals surface area contributed by atoms with Crippen LogP contribution >= 0.6 is 0 Å². The number of benzene rings is 1. The van der Waals surface area contributed by atoms with E-state index in [1.807, 2.05) is 0 Å². The van der Waals surface area contributed by atoms with E-state index in [0.717, 1.165) is 0 Å². The molecule has 1 aliphatic heterocycles. The number of anilines is 1. The summed E-state index contributed by atoms with van der Waals surface area (Å²) in [7, 11) is -5.08. The molecule has 2 N–H and O–H groups in total. The summed E-state index contributed by atoms with van der Waals surface area (Å²) in [4.78, 5) is 0.170. The molecule has 6 nitrogen and oxygen atoms in total. The van der Waals surface area contributed by atoms with Crippen molar-refractivity contribution in [2.45, 2.75) is 11.3 Å². The minimum atomic E-state index is -3.53. The molecule has 0 radical (unpaired) electrons. The second kappa shape index (κ2) is 5.71. The van der Waals surface area contributed by atoms with Crippen LogP contribution in [0.25, 0.3) is 0 Å². The fourth-order valence-corrected chi connectivity index (χ4v) is 5.01. The van der Waals surface area contributed by atoms with E-state index in [1.54, 1.807) is 18.2 Å². The van der Waals surface area contributed by atoms with Crippen LogP contribution in [0.3, 0.4) is 0 Å². The average Bonchev–Trinajstić information content (AvgIpc) is 2.76. The van der Waals surface area contributed by atoms with Gasteiger partial charge in [-0.3, -0.25) is 0 Å². The van der Waals surface area contributed by atoms with Crippen molar-refractivity contribution in [1.82, 2.24) is 4.72 Å². The maximum atomic E-state index is 11.9. The topological polar surface area (TPSA) is 92.3 Å². The highest BCUT2D eigenvalue weighted by Gasteiger charge is 2.28. The van der Waals surface area contributed by atoms with Gasteiger partial charge in [-0.15, -0.1) is 0 Å².